The summed E-state index contributed by atoms with van der Waals surface area (Å²) in [7, 11) is 0. The SMILES string of the molecule is Cc1cc(NC(=O)c2ccccc2Cl)sc1C(=O)NC1CCN(C(=O)CC(C)C)CC1. The Labute approximate surface area is 192 Å². The van der Waals surface area contributed by atoms with Gasteiger partial charge in [-0.15, -0.1) is 11.3 Å². The van der Waals surface area contributed by atoms with E-state index in [1.165, 1.54) is 11.3 Å². The Morgan fingerprint density at radius 3 is 2.48 bits per heavy atom. The quantitative estimate of drug-likeness (QED) is 0.652. The first kappa shape index (κ1) is 23.3. The van der Waals surface area contributed by atoms with Crippen molar-refractivity contribution in [3.8, 4) is 0 Å². The monoisotopic (exact) mass is 461 g/mol. The molecule has 2 N–H and O–H groups in total. The van der Waals surface area contributed by atoms with Crippen LogP contribution in [0.4, 0.5) is 5.00 Å². The van der Waals surface area contributed by atoms with Gasteiger partial charge in [0.2, 0.25) is 5.91 Å². The molecule has 0 radical (unpaired) electrons. The van der Waals surface area contributed by atoms with Crippen molar-refractivity contribution in [3.63, 3.8) is 0 Å². The number of benzene rings is 1. The highest BCUT2D eigenvalue weighted by Gasteiger charge is 2.25. The number of hydrogen-bond donors (Lipinski definition) is 2. The fourth-order valence-corrected chi connectivity index (χ4v) is 4.79. The van der Waals surface area contributed by atoms with Gasteiger partial charge in [0.1, 0.15) is 0 Å². The highest BCUT2D eigenvalue weighted by molar-refractivity contribution is 7.18. The van der Waals surface area contributed by atoms with Gasteiger partial charge in [-0.1, -0.05) is 37.6 Å². The topological polar surface area (TPSA) is 78.5 Å². The Kier molecular flexibility index (Phi) is 7.73. The molecule has 1 aliphatic heterocycles. The lowest BCUT2D eigenvalue weighted by atomic mass is 10.0. The Morgan fingerprint density at radius 1 is 1.16 bits per heavy atom. The van der Waals surface area contributed by atoms with E-state index in [2.05, 4.69) is 10.6 Å². The van der Waals surface area contributed by atoms with Crippen molar-refractivity contribution in [2.75, 3.05) is 18.4 Å². The maximum absolute atomic E-state index is 12.8. The van der Waals surface area contributed by atoms with Crippen molar-refractivity contribution in [1.29, 1.82) is 0 Å². The third-order valence-electron chi connectivity index (χ3n) is 5.24. The van der Waals surface area contributed by atoms with Gasteiger partial charge < -0.3 is 15.5 Å². The van der Waals surface area contributed by atoms with Gasteiger partial charge in [0, 0.05) is 25.6 Å². The predicted molar refractivity (Wildman–Crippen MR) is 125 cm³/mol. The molecule has 0 unspecified atom stereocenters. The van der Waals surface area contributed by atoms with Crippen LogP contribution in [0.25, 0.3) is 0 Å². The molecule has 3 amide bonds. The minimum atomic E-state index is -0.308. The maximum Gasteiger partial charge on any atom is 0.261 e. The summed E-state index contributed by atoms with van der Waals surface area (Å²) in [6.07, 6.45) is 2.06. The second-order valence-electron chi connectivity index (χ2n) is 8.28. The summed E-state index contributed by atoms with van der Waals surface area (Å²) in [6.45, 7) is 7.26. The zero-order valence-electron chi connectivity index (χ0n) is 18.0. The van der Waals surface area contributed by atoms with Gasteiger partial charge in [-0.05, 0) is 49.4 Å². The number of carbonyl (C=O) groups is 3. The first-order chi connectivity index (χ1) is 14.7. The number of nitrogens with one attached hydrogen (secondary N) is 2. The van der Waals surface area contributed by atoms with Crippen LogP contribution in [0, 0.1) is 12.8 Å². The largest absolute Gasteiger partial charge is 0.348 e. The molecule has 0 spiro atoms. The number of amides is 3. The van der Waals surface area contributed by atoms with Gasteiger partial charge in [0.05, 0.1) is 20.5 Å². The fraction of sp³-hybridized carbons (Fsp3) is 0.435. The van der Waals surface area contributed by atoms with Crippen LogP contribution >= 0.6 is 22.9 Å². The molecule has 1 aliphatic rings. The van der Waals surface area contributed by atoms with Gasteiger partial charge in [-0.2, -0.15) is 0 Å². The highest BCUT2D eigenvalue weighted by Crippen LogP contribution is 2.28. The number of piperidine rings is 1. The smallest absolute Gasteiger partial charge is 0.261 e. The van der Waals surface area contributed by atoms with E-state index >= 15 is 0 Å². The number of aryl methyl sites for hydroxylation is 1. The summed E-state index contributed by atoms with van der Waals surface area (Å²) >= 11 is 7.33. The standard InChI is InChI=1S/C23H28ClN3O3S/c1-14(2)12-20(28)27-10-8-16(9-11-27)25-23(30)21-15(3)13-19(31-21)26-22(29)17-6-4-5-7-18(17)24/h4-7,13-14,16H,8-12H2,1-3H3,(H,25,30)(H,26,29). The van der Waals surface area contributed by atoms with E-state index in [-0.39, 0.29) is 23.8 Å². The molecule has 2 heterocycles. The number of hydrogen-bond acceptors (Lipinski definition) is 4. The molecule has 1 aromatic carbocycles. The van der Waals surface area contributed by atoms with E-state index in [0.717, 1.165) is 18.4 Å². The fourth-order valence-electron chi connectivity index (χ4n) is 3.60. The molecule has 2 aromatic rings. The summed E-state index contributed by atoms with van der Waals surface area (Å²) in [4.78, 5) is 40.0. The van der Waals surface area contributed by atoms with E-state index in [1.807, 2.05) is 25.7 Å². The van der Waals surface area contributed by atoms with Crippen LogP contribution in [-0.2, 0) is 4.79 Å². The van der Waals surface area contributed by atoms with Crippen molar-refractivity contribution in [2.45, 2.75) is 46.1 Å². The maximum atomic E-state index is 12.8. The summed E-state index contributed by atoms with van der Waals surface area (Å²) in [5.41, 5.74) is 1.20. The van der Waals surface area contributed by atoms with Gasteiger partial charge in [0.25, 0.3) is 11.8 Å². The van der Waals surface area contributed by atoms with Crippen LogP contribution in [0.3, 0.4) is 0 Å². The molecular formula is C23H28ClN3O3S. The lowest BCUT2D eigenvalue weighted by Gasteiger charge is -2.32. The molecule has 3 rings (SSSR count). The molecule has 31 heavy (non-hydrogen) atoms. The Bertz CT molecular complexity index is 965. The Morgan fingerprint density at radius 2 is 1.84 bits per heavy atom. The highest BCUT2D eigenvalue weighted by atomic mass is 35.5. The molecule has 0 atom stereocenters. The van der Waals surface area contributed by atoms with E-state index in [1.54, 1.807) is 30.3 Å². The second-order valence-corrected chi connectivity index (χ2v) is 9.74. The van der Waals surface area contributed by atoms with E-state index in [0.29, 0.717) is 45.9 Å². The zero-order chi connectivity index (χ0) is 22.5. The third-order valence-corrected chi connectivity index (χ3v) is 6.73. The van der Waals surface area contributed by atoms with Crippen molar-refractivity contribution in [3.05, 3.63) is 51.4 Å². The molecule has 0 saturated carbocycles. The summed E-state index contributed by atoms with van der Waals surface area (Å²) < 4.78 is 0. The average molecular weight is 462 g/mol. The van der Waals surface area contributed by atoms with Crippen molar-refractivity contribution >= 4 is 45.7 Å². The summed E-state index contributed by atoms with van der Waals surface area (Å²) in [5.74, 6) is 0.0806. The second kappa shape index (κ2) is 10.3. The van der Waals surface area contributed by atoms with E-state index < -0.39 is 0 Å². The zero-order valence-corrected chi connectivity index (χ0v) is 19.6. The van der Waals surface area contributed by atoms with Gasteiger partial charge in [-0.25, -0.2) is 0 Å². The molecule has 166 valence electrons. The van der Waals surface area contributed by atoms with E-state index in [9.17, 15) is 14.4 Å². The number of nitrogens with zero attached hydrogens (tertiary/aromatic N) is 1. The van der Waals surface area contributed by atoms with Crippen LogP contribution in [-0.4, -0.2) is 41.8 Å². The number of rotatable bonds is 6. The average Bonchev–Trinajstić information content (AvgIpc) is 3.08. The lowest BCUT2D eigenvalue weighted by molar-refractivity contribution is -0.133. The first-order valence-electron chi connectivity index (χ1n) is 10.5. The number of likely N-dealkylation sites (tertiary alicyclic amines) is 1. The molecule has 6 nitrogen and oxygen atoms in total. The molecule has 0 bridgehead atoms. The third kappa shape index (κ3) is 6.08. The number of thiophene rings is 1. The lowest BCUT2D eigenvalue weighted by Crippen LogP contribution is -2.46. The van der Waals surface area contributed by atoms with Crippen LogP contribution in [0.1, 0.15) is 58.7 Å². The molecule has 1 aromatic heterocycles. The molecule has 1 fully saturated rings. The van der Waals surface area contributed by atoms with Crippen LogP contribution in [0.2, 0.25) is 5.02 Å². The summed E-state index contributed by atoms with van der Waals surface area (Å²) in [5, 5.41) is 6.88. The molecule has 1 saturated heterocycles. The van der Waals surface area contributed by atoms with Crippen molar-refractivity contribution in [1.82, 2.24) is 10.2 Å². The first-order valence-corrected chi connectivity index (χ1v) is 11.7. The number of anilines is 1. The van der Waals surface area contributed by atoms with Crippen molar-refractivity contribution < 1.29 is 14.4 Å². The van der Waals surface area contributed by atoms with Crippen LogP contribution in [0.5, 0.6) is 0 Å². The predicted octanol–water partition coefficient (Wildman–Crippen LogP) is 4.73. The molecule has 0 aliphatic carbocycles. The normalized spacial score (nSPS) is 14.5. The van der Waals surface area contributed by atoms with Gasteiger partial charge in [-0.3, -0.25) is 14.4 Å². The Balaban J connectivity index is 1.56. The minimum Gasteiger partial charge on any atom is -0.348 e. The number of halogens is 1. The summed E-state index contributed by atoms with van der Waals surface area (Å²) in [6, 6.07) is 8.67. The van der Waals surface area contributed by atoms with E-state index in [4.69, 9.17) is 11.6 Å². The van der Waals surface area contributed by atoms with Crippen molar-refractivity contribution in [2.24, 2.45) is 5.92 Å². The number of carbonyl (C=O) groups excluding carboxylic acids is 3. The molecule has 8 heteroatoms. The van der Waals surface area contributed by atoms with Gasteiger partial charge in [0.15, 0.2) is 0 Å². The van der Waals surface area contributed by atoms with Crippen LogP contribution < -0.4 is 10.6 Å². The van der Waals surface area contributed by atoms with Crippen LogP contribution in [0.15, 0.2) is 30.3 Å². The Hall–Kier alpha value is -2.38. The molecular weight excluding hydrogens is 434 g/mol. The minimum absolute atomic E-state index is 0.0401. The van der Waals surface area contributed by atoms with Gasteiger partial charge >= 0.3 is 0 Å².